The van der Waals surface area contributed by atoms with Gasteiger partial charge in [0.1, 0.15) is 29.9 Å². The second-order valence-electron chi connectivity index (χ2n) is 7.79. The van der Waals surface area contributed by atoms with E-state index in [4.69, 9.17) is 21.1 Å². The van der Waals surface area contributed by atoms with Crippen LogP contribution in [0.5, 0.6) is 5.75 Å². The SMILES string of the molecule is CC(C)(C)OC(=O)N[C@@H]1CCCN(CC(O)COc2ccc(Cl)c(F)c2)C1. The first-order valence-corrected chi connectivity index (χ1v) is 9.48. The van der Waals surface area contributed by atoms with E-state index in [-0.39, 0.29) is 17.7 Å². The Morgan fingerprint density at radius 2 is 2.22 bits per heavy atom. The highest BCUT2D eigenvalue weighted by Crippen LogP contribution is 2.20. The molecule has 0 radical (unpaired) electrons. The van der Waals surface area contributed by atoms with Crippen LogP contribution < -0.4 is 10.1 Å². The lowest BCUT2D eigenvalue weighted by Gasteiger charge is -2.34. The normalized spacial score (nSPS) is 19.4. The van der Waals surface area contributed by atoms with E-state index in [2.05, 4.69) is 10.2 Å². The molecule has 1 saturated heterocycles. The lowest BCUT2D eigenvalue weighted by atomic mass is 10.1. The third-order valence-corrected chi connectivity index (χ3v) is 4.34. The van der Waals surface area contributed by atoms with Crippen LogP contribution in [0.4, 0.5) is 9.18 Å². The second kappa shape index (κ2) is 9.57. The summed E-state index contributed by atoms with van der Waals surface area (Å²) in [5.74, 6) is -0.241. The van der Waals surface area contributed by atoms with E-state index in [1.165, 1.54) is 12.1 Å². The number of piperidine rings is 1. The zero-order valence-corrected chi connectivity index (χ0v) is 16.8. The van der Waals surface area contributed by atoms with Gasteiger partial charge >= 0.3 is 6.09 Å². The number of β-amino-alcohol motifs (C(OH)–C–C–N with tert-alkyl or cyclic N) is 1. The van der Waals surface area contributed by atoms with E-state index in [0.29, 0.717) is 18.8 Å². The Labute approximate surface area is 164 Å². The molecule has 1 aliphatic rings. The largest absolute Gasteiger partial charge is 0.491 e. The number of ether oxygens (including phenoxy) is 2. The summed E-state index contributed by atoms with van der Waals surface area (Å²) in [5.41, 5.74) is -0.535. The van der Waals surface area contributed by atoms with Gasteiger partial charge in [0.25, 0.3) is 0 Å². The number of nitrogens with zero attached hydrogens (tertiary/aromatic N) is 1. The van der Waals surface area contributed by atoms with Crippen molar-refractivity contribution in [2.45, 2.75) is 51.4 Å². The molecule has 1 heterocycles. The molecule has 27 heavy (non-hydrogen) atoms. The lowest BCUT2D eigenvalue weighted by molar-refractivity contribution is 0.0400. The molecule has 1 amide bonds. The van der Waals surface area contributed by atoms with Crippen LogP contribution in [0, 0.1) is 5.82 Å². The standard InChI is InChI=1S/C19H28ClFN2O4/c1-19(2,3)27-18(25)22-13-5-4-8-23(10-13)11-14(24)12-26-15-6-7-16(20)17(21)9-15/h6-7,9,13-14,24H,4-5,8,10-12H2,1-3H3,(H,22,25)/t13-,14?/m1/s1. The maximum absolute atomic E-state index is 13.4. The van der Waals surface area contributed by atoms with E-state index in [9.17, 15) is 14.3 Å². The predicted octanol–water partition coefficient (Wildman–Crippen LogP) is 3.21. The van der Waals surface area contributed by atoms with Crippen molar-refractivity contribution < 1.29 is 23.8 Å². The first-order valence-electron chi connectivity index (χ1n) is 9.10. The lowest BCUT2D eigenvalue weighted by Crippen LogP contribution is -2.50. The quantitative estimate of drug-likeness (QED) is 0.764. The molecule has 1 fully saturated rings. The number of amides is 1. The van der Waals surface area contributed by atoms with Gasteiger partial charge in [-0.15, -0.1) is 0 Å². The molecule has 2 rings (SSSR count). The molecule has 152 valence electrons. The summed E-state index contributed by atoms with van der Waals surface area (Å²) >= 11 is 5.63. The molecule has 1 aliphatic heterocycles. The van der Waals surface area contributed by atoms with Gasteiger partial charge < -0.3 is 19.9 Å². The molecule has 2 atom stereocenters. The Morgan fingerprint density at radius 1 is 1.48 bits per heavy atom. The smallest absolute Gasteiger partial charge is 0.407 e. The molecule has 0 saturated carbocycles. The fourth-order valence-corrected chi connectivity index (χ4v) is 3.04. The summed E-state index contributed by atoms with van der Waals surface area (Å²) in [6.45, 7) is 7.38. The van der Waals surface area contributed by atoms with Crippen molar-refractivity contribution in [3.05, 3.63) is 29.0 Å². The Balaban J connectivity index is 1.75. The topological polar surface area (TPSA) is 71.0 Å². The minimum Gasteiger partial charge on any atom is -0.491 e. The number of aliphatic hydroxyl groups excluding tert-OH is 1. The van der Waals surface area contributed by atoms with Gasteiger partial charge in [-0.3, -0.25) is 4.90 Å². The van der Waals surface area contributed by atoms with Gasteiger partial charge in [-0.25, -0.2) is 9.18 Å². The summed E-state index contributed by atoms with van der Waals surface area (Å²) < 4.78 is 24.1. The van der Waals surface area contributed by atoms with Gasteiger partial charge in [0, 0.05) is 25.2 Å². The van der Waals surface area contributed by atoms with Gasteiger partial charge in [-0.1, -0.05) is 11.6 Å². The van der Waals surface area contributed by atoms with Crippen LogP contribution in [-0.4, -0.2) is 60.1 Å². The number of rotatable bonds is 6. The minimum atomic E-state index is -0.732. The monoisotopic (exact) mass is 402 g/mol. The maximum Gasteiger partial charge on any atom is 0.407 e. The maximum atomic E-state index is 13.4. The highest BCUT2D eigenvalue weighted by atomic mass is 35.5. The van der Waals surface area contributed by atoms with Crippen molar-refractivity contribution in [3.63, 3.8) is 0 Å². The Kier molecular flexibility index (Phi) is 7.70. The van der Waals surface area contributed by atoms with Crippen molar-refractivity contribution in [3.8, 4) is 5.75 Å². The number of likely N-dealkylation sites (tertiary alicyclic amines) is 1. The van der Waals surface area contributed by atoms with E-state index >= 15 is 0 Å². The van der Waals surface area contributed by atoms with Crippen molar-refractivity contribution in [1.82, 2.24) is 10.2 Å². The number of carbonyl (C=O) groups excluding carboxylic acids is 1. The number of carbonyl (C=O) groups is 1. The molecule has 8 heteroatoms. The molecule has 1 aromatic rings. The van der Waals surface area contributed by atoms with Crippen molar-refractivity contribution in [2.24, 2.45) is 0 Å². The predicted molar refractivity (Wildman–Crippen MR) is 102 cm³/mol. The summed E-state index contributed by atoms with van der Waals surface area (Å²) in [4.78, 5) is 14.0. The van der Waals surface area contributed by atoms with Crippen molar-refractivity contribution in [2.75, 3.05) is 26.2 Å². The number of alkyl carbamates (subject to hydrolysis) is 1. The first kappa shape index (κ1) is 21.7. The zero-order valence-electron chi connectivity index (χ0n) is 16.0. The number of benzene rings is 1. The van der Waals surface area contributed by atoms with E-state index in [1.54, 1.807) is 6.07 Å². The molecule has 1 unspecified atom stereocenters. The minimum absolute atomic E-state index is 0.0212. The molecule has 0 bridgehead atoms. The number of aliphatic hydroxyl groups is 1. The summed E-state index contributed by atoms with van der Waals surface area (Å²) in [5, 5.41) is 13.1. The van der Waals surface area contributed by atoms with E-state index < -0.39 is 23.6 Å². The molecule has 0 aromatic heterocycles. The van der Waals surface area contributed by atoms with Crippen LogP contribution in [0.25, 0.3) is 0 Å². The molecule has 2 N–H and O–H groups in total. The number of hydrogen-bond donors (Lipinski definition) is 2. The third-order valence-electron chi connectivity index (χ3n) is 4.03. The van der Waals surface area contributed by atoms with Crippen molar-refractivity contribution in [1.29, 1.82) is 0 Å². The number of hydrogen-bond acceptors (Lipinski definition) is 5. The van der Waals surface area contributed by atoms with Gasteiger partial charge in [0.2, 0.25) is 0 Å². The molecule has 1 aromatic carbocycles. The fourth-order valence-electron chi connectivity index (χ4n) is 2.92. The van der Waals surface area contributed by atoms with Gasteiger partial charge in [-0.05, 0) is 52.3 Å². The van der Waals surface area contributed by atoms with Crippen LogP contribution in [0.3, 0.4) is 0 Å². The molecular formula is C19H28ClFN2O4. The van der Waals surface area contributed by atoms with Crippen LogP contribution in [0.2, 0.25) is 5.02 Å². The Bertz CT molecular complexity index is 639. The average Bonchev–Trinajstić information content (AvgIpc) is 2.54. The summed E-state index contributed by atoms with van der Waals surface area (Å²) in [6, 6.07) is 4.14. The van der Waals surface area contributed by atoms with Crippen LogP contribution in [-0.2, 0) is 4.74 Å². The van der Waals surface area contributed by atoms with E-state index in [1.807, 2.05) is 20.8 Å². The van der Waals surface area contributed by atoms with Gasteiger partial charge in [0.05, 0.1) is 5.02 Å². The fraction of sp³-hybridized carbons (Fsp3) is 0.632. The molecular weight excluding hydrogens is 375 g/mol. The second-order valence-corrected chi connectivity index (χ2v) is 8.19. The van der Waals surface area contributed by atoms with Crippen molar-refractivity contribution >= 4 is 17.7 Å². The Morgan fingerprint density at radius 3 is 2.89 bits per heavy atom. The van der Waals surface area contributed by atoms with Gasteiger partial charge in [0.15, 0.2) is 0 Å². The Hall–Kier alpha value is -1.57. The third kappa shape index (κ3) is 7.91. The number of halogens is 2. The average molecular weight is 403 g/mol. The highest BCUT2D eigenvalue weighted by molar-refractivity contribution is 6.30. The number of nitrogens with one attached hydrogen (secondary N) is 1. The molecule has 0 spiro atoms. The highest BCUT2D eigenvalue weighted by Gasteiger charge is 2.25. The summed E-state index contributed by atoms with van der Waals surface area (Å²) in [6.07, 6.45) is 0.620. The molecule has 6 nitrogen and oxygen atoms in total. The zero-order chi connectivity index (χ0) is 20.0. The van der Waals surface area contributed by atoms with Crippen LogP contribution in [0.15, 0.2) is 18.2 Å². The van der Waals surface area contributed by atoms with E-state index in [0.717, 1.165) is 19.4 Å². The first-order chi connectivity index (χ1) is 12.6. The van der Waals surface area contributed by atoms with Crippen LogP contribution >= 0.6 is 11.6 Å². The molecule has 0 aliphatic carbocycles. The van der Waals surface area contributed by atoms with Gasteiger partial charge in [-0.2, -0.15) is 0 Å². The van der Waals surface area contributed by atoms with Crippen LogP contribution in [0.1, 0.15) is 33.6 Å². The summed E-state index contributed by atoms with van der Waals surface area (Å²) in [7, 11) is 0.